The lowest BCUT2D eigenvalue weighted by atomic mass is 9.90. The number of thiazole rings is 1. The van der Waals surface area contributed by atoms with Crippen LogP contribution in [0.2, 0.25) is 0 Å². The third-order valence-corrected chi connectivity index (χ3v) is 5.58. The lowest BCUT2D eigenvalue weighted by Gasteiger charge is -2.16. The molecule has 0 fully saturated rings. The quantitative estimate of drug-likeness (QED) is 0.587. The number of fused-ring (bicyclic) bond motifs is 1. The Kier molecular flexibility index (Phi) is 4.93. The molecule has 3 nitrogen and oxygen atoms in total. The van der Waals surface area contributed by atoms with Crippen molar-refractivity contribution in [1.29, 1.82) is 0 Å². The van der Waals surface area contributed by atoms with E-state index >= 15 is 0 Å². The number of hydrogen-bond donors (Lipinski definition) is 1. The molecule has 4 rings (SSSR count). The first-order valence-corrected chi connectivity index (χ1v) is 9.84. The maximum absolute atomic E-state index is 12.8. The third-order valence-electron chi connectivity index (χ3n) is 4.82. The second-order valence-electron chi connectivity index (χ2n) is 6.76. The minimum absolute atomic E-state index is 0.0552. The smallest absolute Gasteiger partial charge is 0.298 e. The van der Waals surface area contributed by atoms with E-state index in [0.29, 0.717) is 5.13 Å². The van der Waals surface area contributed by atoms with Crippen molar-refractivity contribution in [1.82, 2.24) is 4.98 Å². The van der Waals surface area contributed by atoms with Gasteiger partial charge in [-0.1, -0.05) is 18.2 Å². The number of hydrogen-bond acceptors (Lipinski definition) is 3. The number of nitrogens with zero attached hydrogens (tertiary/aromatic N) is 1. The van der Waals surface area contributed by atoms with E-state index in [4.69, 9.17) is 0 Å². The number of alkyl halides is 3. The van der Waals surface area contributed by atoms with Gasteiger partial charge in [-0.25, -0.2) is 4.98 Å². The van der Waals surface area contributed by atoms with E-state index in [1.807, 2.05) is 11.4 Å². The Bertz CT molecular complexity index is 1030. The molecule has 28 heavy (non-hydrogen) atoms. The molecule has 1 aliphatic carbocycles. The van der Waals surface area contributed by atoms with E-state index in [9.17, 15) is 18.0 Å². The number of nitrogens with one attached hydrogen (secondary N) is 1. The van der Waals surface area contributed by atoms with Crippen LogP contribution < -0.4 is 5.32 Å². The summed E-state index contributed by atoms with van der Waals surface area (Å²) in [4.78, 5) is 16.7. The number of anilines is 1. The van der Waals surface area contributed by atoms with Crippen LogP contribution in [-0.2, 0) is 19.0 Å². The number of carbonyl (C=O) groups excluding carboxylic acids is 1. The summed E-state index contributed by atoms with van der Waals surface area (Å²) in [5.41, 5.74) is 3.54. The summed E-state index contributed by atoms with van der Waals surface area (Å²) in [6, 6.07) is 10.6. The van der Waals surface area contributed by atoms with Gasteiger partial charge in [0.25, 0.3) is 5.91 Å². The second kappa shape index (κ2) is 7.39. The van der Waals surface area contributed by atoms with Crippen molar-refractivity contribution < 1.29 is 18.0 Å². The van der Waals surface area contributed by atoms with Crippen LogP contribution in [0.5, 0.6) is 0 Å². The van der Waals surface area contributed by atoms with Gasteiger partial charge in [-0.15, -0.1) is 11.3 Å². The molecular formula is C21H17F3N2OS. The molecular weight excluding hydrogens is 385 g/mol. The van der Waals surface area contributed by atoms with E-state index in [1.54, 1.807) is 0 Å². The van der Waals surface area contributed by atoms with Gasteiger partial charge in [0, 0.05) is 16.5 Å². The first kappa shape index (κ1) is 18.7. The van der Waals surface area contributed by atoms with Crippen LogP contribution >= 0.6 is 11.3 Å². The van der Waals surface area contributed by atoms with Crippen LogP contribution in [0.25, 0.3) is 11.3 Å². The van der Waals surface area contributed by atoms with Gasteiger partial charge in [0.1, 0.15) is 0 Å². The van der Waals surface area contributed by atoms with Gasteiger partial charge in [-0.2, -0.15) is 13.2 Å². The average Bonchev–Trinajstić information content (AvgIpc) is 3.15. The third kappa shape index (κ3) is 3.94. The molecule has 2 aromatic carbocycles. The molecule has 0 bridgehead atoms. The van der Waals surface area contributed by atoms with Crippen LogP contribution in [-0.4, -0.2) is 10.9 Å². The highest BCUT2D eigenvalue weighted by Gasteiger charge is 2.31. The Morgan fingerprint density at radius 1 is 1.04 bits per heavy atom. The molecule has 1 heterocycles. The lowest BCUT2D eigenvalue weighted by molar-refractivity contribution is -0.137. The Morgan fingerprint density at radius 2 is 1.82 bits per heavy atom. The molecule has 0 unspecified atom stereocenters. The molecule has 3 aromatic rings. The van der Waals surface area contributed by atoms with E-state index in [-0.39, 0.29) is 5.56 Å². The van der Waals surface area contributed by atoms with Crippen LogP contribution in [0, 0.1) is 0 Å². The molecule has 0 aliphatic heterocycles. The Labute approximate surface area is 164 Å². The van der Waals surface area contributed by atoms with Crippen LogP contribution in [0.4, 0.5) is 18.3 Å². The molecule has 7 heteroatoms. The fraction of sp³-hybridized carbons (Fsp3) is 0.238. The van der Waals surface area contributed by atoms with Gasteiger partial charge in [-0.05, 0) is 61.1 Å². The minimum Gasteiger partial charge on any atom is -0.298 e. The fourth-order valence-electron chi connectivity index (χ4n) is 3.36. The van der Waals surface area contributed by atoms with E-state index in [2.05, 4.69) is 22.4 Å². The van der Waals surface area contributed by atoms with Crippen molar-refractivity contribution >= 4 is 22.4 Å². The monoisotopic (exact) mass is 402 g/mol. The van der Waals surface area contributed by atoms with Crippen molar-refractivity contribution in [2.45, 2.75) is 31.9 Å². The first-order valence-electron chi connectivity index (χ1n) is 8.96. The fourth-order valence-corrected chi connectivity index (χ4v) is 4.08. The molecule has 0 saturated heterocycles. The molecule has 1 amide bonds. The summed E-state index contributed by atoms with van der Waals surface area (Å²) in [7, 11) is 0. The van der Waals surface area contributed by atoms with Gasteiger partial charge < -0.3 is 0 Å². The van der Waals surface area contributed by atoms with Crippen LogP contribution in [0.3, 0.4) is 0 Å². The zero-order valence-corrected chi connectivity index (χ0v) is 15.7. The van der Waals surface area contributed by atoms with Gasteiger partial charge in [-0.3, -0.25) is 10.1 Å². The van der Waals surface area contributed by atoms with Crippen molar-refractivity contribution in [3.05, 3.63) is 70.1 Å². The van der Waals surface area contributed by atoms with Gasteiger partial charge in [0.2, 0.25) is 0 Å². The minimum atomic E-state index is -4.49. The zero-order chi connectivity index (χ0) is 19.7. The maximum atomic E-state index is 12.8. The molecule has 0 spiro atoms. The molecule has 0 atom stereocenters. The number of rotatable bonds is 3. The summed E-state index contributed by atoms with van der Waals surface area (Å²) in [5, 5.41) is 4.79. The number of aryl methyl sites for hydroxylation is 2. The first-order chi connectivity index (χ1) is 13.4. The zero-order valence-electron chi connectivity index (χ0n) is 14.8. The molecule has 1 N–H and O–H groups in total. The highest BCUT2D eigenvalue weighted by molar-refractivity contribution is 7.14. The number of aromatic nitrogens is 1. The SMILES string of the molecule is O=C(Nc1nc(-c2ccc3c(c2)CCCC3)cs1)c1cccc(C(F)(F)F)c1. The largest absolute Gasteiger partial charge is 0.416 e. The van der Waals surface area contributed by atoms with Crippen molar-refractivity contribution in [2.24, 2.45) is 0 Å². The second-order valence-corrected chi connectivity index (χ2v) is 7.62. The molecule has 0 saturated carbocycles. The summed E-state index contributed by atoms with van der Waals surface area (Å²) >= 11 is 1.25. The molecule has 1 aliphatic rings. The summed E-state index contributed by atoms with van der Waals surface area (Å²) in [6.45, 7) is 0. The molecule has 0 radical (unpaired) electrons. The van der Waals surface area contributed by atoms with E-state index in [0.717, 1.165) is 36.2 Å². The Morgan fingerprint density at radius 3 is 2.61 bits per heavy atom. The number of carbonyl (C=O) groups is 1. The average molecular weight is 402 g/mol. The topological polar surface area (TPSA) is 42.0 Å². The normalized spacial score (nSPS) is 13.8. The van der Waals surface area contributed by atoms with E-state index in [1.165, 1.54) is 47.4 Å². The van der Waals surface area contributed by atoms with Crippen molar-refractivity contribution in [3.63, 3.8) is 0 Å². The van der Waals surface area contributed by atoms with Crippen molar-refractivity contribution in [2.75, 3.05) is 5.32 Å². The number of benzene rings is 2. The van der Waals surface area contributed by atoms with Crippen LogP contribution in [0.1, 0.15) is 39.9 Å². The highest BCUT2D eigenvalue weighted by atomic mass is 32.1. The van der Waals surface area contributed by atoms with Crippen molar-refractivity contribution in [3.8, 4) is 11.3 Å². The standard InChI is InChI=1S/C21H17F3N2OS/c22-21(23,24)17-7-3-6-16(11-17)19(27)26-20-25-18(12-28-20)15-9-8-13-4-1-2-5-14(13)10-15/h3,6-12H,1-2,4-5H2,(H,25,26,27). The predicted octanol–water partition coefficient (Wildman–Crippen LogP) is 5.96. The summed E-state index contributed by atoms with van der Waals surface area (Å²) < 4.78 is 38.5. The lowest BCUT2D eigenvalue weighted by Crippen LogP contribution is -2.13. The highest BCUT2D eigenvalue weighted by Crippen LogP contribution is 2.31. The van der Waals surface area contributed by atoms with E-state index < -0.39 is 17.6 Å². The maximum Gasteiger partial charge on any atom is 0.416 e. The number of halogens is 3. The Hall–Kier alpha value is -2.67. The summed E-state index contributed by atoms with van der Waals surface area (Å²) in [5.74, 6) is -0.613. The predicted molar refractivity (Wildman–Crippen MR) is 104 cm³/mol. The Balaban J connectivity index is 1.52. The van der Waals surface area contributed by atoms with Crippen LogP contribution in [0.15, 0.2) is 47.8 Å². The van der Waals surface area contributed by atoms with Gasteiger partial charge >= 0.3 is 6.18 Å². The van der Waals surface area contributed by atoms with Gasteiger partial charge in [0.15, 0.2) is 5.13 Å². The molecule has 144 valence electrons. The number of amides is 1. The van der Waals surface area contributed by atoms with Gasteiger partial charge in [0.05, 0.1) is 11.3 Å². The summed E-state index contributed by atoms with van der Waals surface area (Å²) in [6.07, 6.45) is 0.0785. The molecule has 1 aromatic heterocycles.